The lowest BCUT2D eigenvalue weighted by atomic mass is 10.3. The van der Waals surface area contributed by atoms with E-state index in [0.717, 1.165) is 22.7 Å². The number of thiazole rings is 1. The zero-order chi connectivity index (χ0) is 15.4. The number of rotatable bonds is 4. The summed E-state index contributed by atoms with van der Waals surface area (Å²) in [6.45, 7) is 3.14. The molecule has 116 valence electrons. The van der Waals surface area contributed by atoms with Gasteiger partial charge in [-0.2, -0.15) is 0 Å². The standard InChI is InChI=1S/C15H16BrN3O2S/c16-12-1-3-13(4-2-12)21-11-14(20)18-6-8-19(9-7-18)15-17-5-10-22-15/h1-5,10H,6-9,11H2. The third-order valence-corrected chi connectivity index (χ3v) is 4.86. The minimum Gasteiger partial charge on any atom is -0.484 e. The third kappa shape index (κ3) is 3.78. The Kier molecular flexibility index (Phi) is 4.94. The quantitative estimate of drug-likeness (QED) is 0.816. The van der Waals surface area contributed by atoms with E-state index in [2.05, 4.69) is 25.8 Å². The van der Waals surface area contributed by atoms with Gasteiger partial charge in [-0.15, -0.1) is 11.3 Å². The van der Waals surface area contributed by atoms with Crippen molar-refractivity contribution in [3.8, 4) is 5.75 Å². The minimum atomic E-state index is 0.0294. The number of carbonyl (C=O) groups excluding carboxylic acids is 1. The molecule has 1 aliphatic heterocycles. The smallest absolute Gasteiger partial charge is 0.260 e. The largest absolute Gasteiger partial charge is 0.484 e. The van der Waals surface area contributed by atoms with Crippen LogP contribution in [-0.4, -0.2) is 48.6 Å². The van der Waals surface area contributed by atoms with Gasteiger partial charge in [-0.05, 0) is 24.3 Å². The zero-order valence-corrected chi connectivity index (χ0v) is 14.3. The highest BCUT2D eigenvalue weighted by atomic mass is 79.9. The van der Waals surface area contributed by atoms with Crippen LogP contribution in [0, 0.1) is 0 Å². The average Bonchev–Trinajstić information content (AvgIpc) is 3.09. The highest BCUT2D eigenvalue weighted by molar-refractivity contribution is 9.10. The van der Waals surface area contributed by atoms with Crippen molar-refractivity contribution in [3.05, 3.63) is 40.3 Å². The van der Waals surface area contributed by atoms with Crippen LogP contribution in [0.1, 0.15) is 0 Å². The molecule has 2 aromatic rings. The number of piperazine rings is 1. The second-order valence-corrected chi connectivity index (χ2v) is 6.71. The van der Waals surface area contributed by atoms with Crippen molar-refractivity contribution >= 4 is 38.3 Å². The van der Waals surface area contributed by atoms with E-state index >= 15 is 0 Å². The maximum Gasteiger partial charge on any atom is 0.260 e. The van der Waals surface area contributed by atoms with Crippen LogP contribution >= 0.6 is 27.3 Å². The van der Waals surface area contributed by atoms with Gasteiger partial charge in [0.05, 0.1) is 0 Å². The van der Waals surface area contributed by atoms with E-state index in [1.54, 1.807) is 11.3 Å². The Morgan fingerprint density at radius 3 is 2.59 bits per heavy atom. The number of halogens is 1. The van der Waals surface area contributed by atoms with Crippen LogP contribution in [0.3, 0.4) is 0 Å². The van der Waals surface area contributed by atoms with Crippen molar-refractivity contribution in [2.75, 3.05) is 37.7 Å². The first-order valence-electron chi connectivity index (χ1n) is 7.03. The lowest BCUT2D eigenvalue weighted by molar-refractivity contribution is -0.133. The van der Waals surface area contributed by atoms with Crippen LogP contribution in [0.4, 0.5) is 5.13 Å². The van der Waals surface area contributed by atoms with Crippen molar-refractivity contribution in [2.45, 2.75) is 0 Å². The summed E-state index contributed by atoms with van der Waals surface area (Å²) in [5.74, 6) is 0.736. The van der Waals surface area contributed by atoms with E-state index in [4.69, 9.17) is 4.74 Å². The van der Waals surface area contributed by atoms with Crippen LogP contribution in [0.5, 0.6) is 5.75 Å². The fraction of sp³-hybridized carbons (Fsp3) is 0.333. The molecule has 1 fully saturated rings. The molecule has 5 nitrogen and oxygen atoms in total. The minimum absolute atomic E-state index is 0.0294. The van der Waals surface area contributed by atoms with E-state index in [1.807, 2.05) is 40.7 Å². The van der Waals surface area contributed by atoms with E-state index < -0.39 is 0 Å². The number of amides is 1. The topological polar surface area (TPSA) is 45.7 Å². The highest BCUT2D eigenvalue weighted by Gasteiger charge is 2.22. The average molecular weight is 382 g/mol. The van der Waals surface area contributed by atoms with Crippen molar-refractivity contribution in [2.24, 2.45) is 0 Å². The fourth-order valence-electron chi connectivity index (χ4n) is 2.29. The summed E-state index contributed by atoms with van der Waals surface area (Å²) in [5, 5.41) is 3.00. The first kappa shape index (κ1) is 15.3. The Morgan fingerprint density at radius 2 is 1.95 bits per heavy atom. The summed E-state index contributed by atoms with van der Waals surface area (Å²) in [5.41, 5.74) is 0. The Balaban J connectivity index is 1.46. The third-order valence-electron chi connectivity index (χ3n) is 3.50. The lowest BCUT2D eigenvalue weighted by Crippen LogP contribution is -2.50. The van der Waals surface area contributed by atoms with Gasteiger partial charge in [0.25, 0.3) is 5.91 Å². The molecule has 0 N–H and O–H groups in total. The van der Waals surface area contributed by atoms with Gasteiger partial charge < -0.3 is 14.5 Å². The number of aromatic nitrogens is 1. The number of benzene rings is 1. The summed E-state index contributed by atoms with van der Waals surface area (Å²) in [6, 6.07) is 7.48. The summed E-state index contributed by atoms with van der Waals surface area (Å²) < 4.78 is 6.53. The second-order valence-electron chi connectivity index (χ2n) is 4.93. The summed E-state index contributed by atoms with van der Waals surface area (Å²) >= 11 is 5.00. The Bertz CT molecular complexity index is 610. The van der Waals surface area contributed by atoms with Crippen LogP contribution in [0.25, 0.3) is 0 Å². The van der Waals surface area contributed by atoms with Crippen molar-refractivity contribution in [3.63, 3.8) is 0 Å². The molecule has 1 amide bonds. The maximum absolute atomic E-state index is 12.2. The SMILES string of the molecule is O=C(COc1ccc(Br)cc1)N1CCN(c2nccs2)CC1. The molecule has 1 aliphatic rings. The number of carbonyl (C=O) groups is 1. The molecule has 22 heavy (non-hydrogen) atoms. The number of hydrogen-bond donors (Lipinski definition) is 0. The monoisotopic (exact) mass is 381 g/mol. The van der Waals surface area contributed by atoms with Gasteiger partial charge in [-0.1, -0.05) is 15.9 Å². The van der Waals surface area contributed by atoms with Gasteiger partial charge in [-0.25, -0.2) is 4.98 Å². The Labute approximate surface area is 141 Å². The van der Waals surface area contributed by atoms with Gasteiger partial charge in [-0.3, -0.25) is 4.79 Å². The molecule has 0 aliphatic carbocycles. The predicted molar refractivity (Wildman–Crippen MR) is 90.5 cm³/mol. The van der Waals surface area contributed by atoms with E-state index in [9.17, 15) is 4.79 Å². The molecular weight excluding hydrogens is 366 g/mol. The van der Waals surface area contributed by atoms with Crippen LogP contribution in [-0.2, 0) is 4.79 Å². The number of nitrogens with zero attached hydrogens (tertiary/aromatic N) is 3. The first-order chi connectivity index (χ1) is 10.7. The van der Waals surface area contributed by atoms with E-state index in [1.165, 1.54) is 0 Å². The Morgan fingerprint density at radius 1 is 1.23 bits per heavy atom. The molecular formula is C15H16BrN3O2S. The zero-order valence-electron chi connectivity index (χ0n) is 11.9. The first-order valence-corrected chi connectivity index (χ1v) is 8.70. The van der Waals surface area contributed by atoms with Crippen molar-refractivity contribution in [1.29, 1.82) is 0 Å². The van der Waals surface area contributed by atoms with Gasteiger partial charge in [0.2, 0.25) is 0 Å². The Hall–Kier alpha value is -1.60. The molecule has 0 atom stereocenters. The molecule has 0 unspecified atom stereocenters. The number of ether oxygens (including phenoxy) is 1. The van der Waals surface area contributed by atoms with Gasteiger partial charge >= 0.3 is 0 Å². The molecule has 0 spiro atoms. The molecule has 2 heterocycles. The fourth-order valence-corrected chi connectivity index (χ4v) is 3.25. The number of hydrogen-bond acceptors (Lipinski definition) is 5. The maximum atomic E-state index is 12.2. The molecule has 1 aromatic carbocycles. The van der Waals surface area contributed by atoms with Gasteiger partial charge in [0.1, 0.15) is 5.75 Å². The summed E-state index contributed by atoms with van der Waals surface area (Å²) in [4.78, 5) is 20.6. The molecule has 0 radical (unpaired) electrons. The van der Waals surface area contributed by atoms with Crippen molar-refractivity contribution in [1.82, 2.24) is 9.88 Å². The van der Waals surface area contributed by atoms with Gasteiger partial charge in [0, 0.05) is 42.2 Å². The molecule has 0 saturated carbocycles. The second kappa shape index (κ2) is 7.11. The van der Waals surface area contributed by atoms with Crippen LogP contribution in [0.15, 0.2) is 40.3 Å². The van der Waals surface area contributed by atoms with E-state index in [0.29, 0.717) is 18.8 Å². The molecule has 7 heteroatoms. The molecule has 1 saturated heterocycles. The molecule has 0 bridgehead atoms. The van der Waals surface area contributed by atoms with Crippen LogP contribution < -0.4 is 9.64 Å². The lowest BCUT2D eigenvalue weighted by Gasteiger charge is -2.34. The van der Waals surface area contributed by atoms with Crippen molar-refractivity contribution < 1.29 is 9.53 Å². The molecule has 3 rings (SSSR count). The summed E-state index contributed by atoms with van der Waals surface area (Å²) in [7, 11) is 0. The number of anilines is 1. The summed E-state index contributed by atoms with van der Waals surface area (Å²) in [6.07, 6.45) is 1.81. The van der Waals surface area contributed by atoms with Crippen LogP contribution in [0.2, 0.25) is 0 Å². The predicted octanol–water partition coefficient (Wildman–Crippen LogP) is 2.63. The van der Waals surface area contributed by atoms with E-state index in [-0.39, 0.29) is 12.5 Å². The normalized spacial score (nSPS) is 15.0. The highest BCUT2D eigenvalue weighted by Crippen LogP contribution is 2.19. The van der Waals surface area contributed by atoms with Gasteiger partial charge in [0.15, 0.2) is 11.7 Å². The molecule has 1 aromatic heterocycles.